The molecule has 6 heteroatoms. The lowest BCUT2D eigenvalue weighted by atomic mass is 10.0. The number of hydrogen-bond acceptors (Lipinski definition) is 5. The summed E-state index contributed by atoms with van der Waals surface area (Å²) in [6.07, 6.45) is 1.43. The molecule has 0 aliphatic heterocycles. The van der Waals surface area contributed by atoms with Gasteiger partial charge in [0.2, 0.25) is 5.89 Å². The third-order valence-electron chi connectivity index (χ3n) is 4.53. The fourth-order valence-corrected chi connectivity index (χ4v) is 3.15. The second-order valence-corrected chi connectivity index (χ2v) is 7.54. The van der Waals surface area contributed by atoms with E-state index in [1.54, 1.807) is 6.07 Å². The minimum absolute atomic E-state index is 0.365. The van der Waals surface area contributed by atoms with Gasteiger partial charge in [-0.25, -0.2) is 9.78 Å². The van der Waals surface area contributed by atoms with Gasteiger partial charge in [0.1, 0.15) is 17.3 Å². The van der Waals surface area contributed by atoms with Gasteiger partial charge in [-0.15, -0.1) is 0 Å². The number of nitrogens with zero attached hydrogens (tertiary/aromatic N) is 1. The maximum absolute atomic E-state index is 10.7. The van der Waals surface area contributed by atoms with E-state index >= 15 is 0 Å². The lowest BCUT2D eigenvalue weighted by Gasteiger charge is -2.14. The van der Waals surface area contributed by atoms with Crippen molar-refractivity contribution in [3.8, 4) is 23.0 Å². The number of hydrogen-bond donors (Lipinski definition) is 1. The van der Waals surface area contributed by atoms with E-state index in [-0.39, 0.29) is 6.61 Å². The number of ether oxygens (including phenoxy) is 2. The Bertz CT molecular complexity index is 979. The van der Waals surface area contributed by atoms with Crippen LogP contribution in [0.15, 0.2) is 52.9 Å². The minimum Gasteiger partial charge on any atom is -0.493 e. The Labute approximate surface area is 176 Å². The molecule has 0 aliphatic rings. The number of carboxylic acids is 1. The second-order valence-electron chi connectivity index (χ2n) is 7.54. The highest BCUT2D eigenvalue weighted by atomic mass is 16.5. The zero-order chi connectivity index (χ0) is 21.5. The molecule has 1 aromatic heterocycles. The molecule has 0 saturated carbocycles. The molecular weight excluding hydrogens is 382 g/mol. The van der Waals surface area contributed by atoms with Gasteiger partial charge in [0.05, 0.1) is 12.3 Å². The molecule has 0 fully saturated rings. The van der Waals surface area contributed by atoms with Gasteiger partial charge in [0.25, 0.3) is 0 Å². The molecule has 30 heavy (non-hydrogen) atoms. The van der Waals surface area contributed by atoms with E-state index in [2.05, 4.69) is 18.8 Å². The molecule has 0 spiro atoms. The Morgan fingerprint density at radius 3 is 2.60 bits per heavy atom. The third kappa shape index (κ3) is 5.86. The van der Waals surface area contributed by atoms with Crippen molar-refractivity contribution in [3.63, 3.8) is 0 Å². The number of rotatable bonds is 10. The molecule has 0 atom stereocenters. The van der Waals surface area contributed by atoms with Crippen molar-refractivity contribution in [2.45, 2.75) is 33.6 Å². The van der Waals surface area contributed by atoms with E-state index in [0.29, 0.717) is 30.6 Å². The molecule has 0 saturated heterocycles. The number of carbonyl (C=O) groups is 1. The first kappa shape index (κ1) is 21.4. The fourth-order valence-electron chi connectivity index (χ4n) is 3.15. The predicted octanol–water partition coefficient (Wildman–Crippen LogP) is 4.93. The van der Waals surface area contributed by atoms with Crippen LogP contribution in [-0.2, 0) is 17.6 Å². The average Bonchev–Trinajstić information content (AvgIpc) is 3.08. The summed E-state index contributed by atoms with van der Waals surface area (Å²) in [7, 11) is 0. The van der Waals surface area contributed by atoms with Gasteiger partial charge in [-0.05, 0) is 55.2 Å². The molecule has 0 bridgehead atoms. The quantitative estimate of drug-likeness (QED) is 0.511. The van der Waals surface area contributed by atoms with E-state index < -0.39 is 5.97 Å². The van der Waals surface area contributed by atoms with Crippen LogP contribution in [0.4, 0.5) is 0 Å². The van der Waals surface area contributed by atoms with E-state index in [9.17, 15) is 4.79 Å². The summed E-state index contributed by atoms with van der Waals surface area (Å²) in [5, 5.41) is 8.80. The van der Waals surface area contributed by atoms with Crippen molar-refractivity contribution < 1.29 is 23.8 Å². The Hall–Kier alpha value is -3.28. The molecule has 1 N–H and O–H groups in total. The van der Waals surface area contributed by atoms with Crippen LogP contribution >= 0.6 is 0 Å². The average molecular weight is 409 g/mol. The molecule has 6 nitrogen and oxygen atoms in total. The highest BCUT2D eigenvalue weighted by Crippen LogP contribution is 2.27. The maximum atomic E-state index is 10.7. The molecule has 3 rings (SSSR count). The monoisotopic (exact) mass is 409 g/mol. The molecule has 0 aliphatic carbocycles. The lowest BCUT2D eigenvalue weighted by Crippen LogP contribution is -2.10. The Kier molecular flexibility index (Phi) is 7.12. The summed E-state index contributed by atoms with van der Waals surface area (Å²) in [5.41, 5.74) is 2.82. The van der Waals surface area contributed by atoms with Gasteiger partial charge < -0.3 is 19.0 Å². The zero-order valence-electron chi connectivity index (χ0n) is 17.6. The topological polar surface area (TPSA) is 81.8 Å². The SMILES string of the molecule is Cc1oc(-c2ccccc2)nc1CCOc1ccc(OCC(=O)O)cc1CC(C)C. The Morgan fingerprint density at radius 2 is 1.90 bits per heavy atom. The fraction of sp³-hybridized carbons (Fsp3) is 0.333. The summed E-state index contributed by atoms with van der Waals surface area (Å²) >= 11 is 0. The van der Waals surface area contributed by atoms with Crippen molar-refractivity contribution in [2.75, 3.05) is 13.2 Å². The first-order valence-corrected chi connectivity index (χ1v) is 10.0. The van der Waals surface area contributed by atoms with Gasteiger partial charge >= 0.3 is 5.97 Å². The van der Waals surface area contributed by atoms with Crippen LogP contribution in [-0.4, -0.2) is 29.3 Å². The Balaban J connectivity index is 1.66. The van der Waals surface area contributed by atoms with Crippen molar-refractivity contribution in [2.24, 2.45) is 5.92 Å². The van der Waals surface area contributed by atoms with Crippen LogP contribution in [0.2, 0.25) is 0 Å². The Morgan fingerprint density at radius 1 is 1.13 bits per heavy atom. The minimum atomic E-state index is -1.00. The van der Waals surface area contributed by atoms with Crippen LogP contribution in [0.25, 0.3) is 11.5 Å². The van der Waals surface area contributed by atoms with E-state index in [4.69, 9.17) is 19.0 Å². The highest BCUT2D eigenvalue weighted by molar-refractivity contribution is 5.68. The molecule has 3 aromatic rings. The summed E-state index contributed by atoms with van der Waals surface area (Å²) in [4.78, 5) is 15.3. The van der Waals surface area contributed by atoms with Gasteiger partial charge in [-0.3, -0.25) is 0 Å². The number of aliphatic carboxylic acids is 1. The smallest absolute Gasteiger partial charge is 0.341 e. The standard InChI is InChI=1S/C24H27NO5/c1-16(2)13-19-14-20(29-15-23(26)27)9-10-22(19)28-12-11-21-17(3)30-24(25-21)18-7-5-4-6-8-18/h4-10,14,16H,11-13,15H2,1-3H3,(H,26,27). The summed E-state index contributed by atoms with van der Waals surface area (Å²) in [6, 6.07) is 15.2. The molecule has 2 aromatic carbocycles. The summed E-state index contributed by atoms with van der Waals surface area (Å²) < 4.78 is 17.2. The maximum Gasteiger partial charge on any atom is 0.341 e. The first-order valence-electron chi connectivity index (χ1n) is 10.0. The molecule has 0 radical (unpaired) electrons. The predicted molar refractivity (Wildman–Crippen MR) is 114 cm³/mol. The van der Waals surface area contributed by atoms with Crippen LogP contribution in [0.5, 0.6) is 11.5 Å². The van der Waals surface area contributed by atoms with E-state index in [1.807, 2.05) is 49.4 Å². The van der Waals surface area contributed by atoms with Gasteiger partial charge in [0, 0.05) is 12.0 Å². The number of benzene rings is 2. The number of aromatic nitrogens is 1. The lowest BCUT2D eigenvalue weighted by molar-refractivity contribution is -0.139. The number of carboxylic acid groups (broad SMARTS) is 1. The van der Waals surface area contributed by atoms with Gasteiger partial charge in [-0.1, -0.05) is 32.0 Å². The normalized spacial score (nSPS) is 10.9. The molecule has 0 unspecified atom stereocenters. The third-order valence-corrected chi connectivity index (χ3v) is 4.53. The van der Waals surface area contributed by atoms with Crippen molar-refractivity contribution in [3.05, 3.63) is 65.5 Å². The van der Waals surface area contributed by atoms with E-state index in [0.717, 1.165) is 34.8 Å². The second kappa shape index (κ2) is 9.96. The van der Waals surface area contributed by atoms with Crippen molar-refractivity contribution in [1.29, 1.82) is 0 Å². The van der Waals surface area contributed by atoms with Crippen LogP contribution in [0.3, 0.4) is 0 Å². The summed E-state index contributed by atoms with van der Waals surface area (Å²) in [5.74, 6) is 2.13. The van der Waals surface area contributed by atoms with Gasteiger partial charge in [-0.2, -0.15) is 0 Å². The largest absolute Gasteiger partial charge is 0.493 e. The number of oxazole rings is 1. The number of aryl methyl sites for hydroxylation is 1. The van der Waals surface area contributed by atoms with Crippen molar-refractivity contribution >= 4 is 5.97 Å². The highest BCUT2D eigenvalue weighted by Gasteiger charge is 2.13. The van der Waals surface area contributed by atoms with Crippen LogP contribution < -0.4 is 9.47 Å². The summed E-state index contributed by atoms with van der Waals surface area (Å²) in [6.45, 7) is 6.25. The van der Waals surface area contributed by atoms with Crippen LogP contribution in [0, 0.1) is 12.8 Å². The van der Waals surface area contributed by atoms with Crippen LogP contribution in [0.1, 0.15) is 30.9 Å². The zero-order valence-corrected chi connectivity index (χ0v) is 17.6. The molecule has 1 heterocycles. The molecule has 158 valence electrons. The van der Waals surface area contributed by atoms with Crippen molar-refractivity contribution in [1.82, 2.24) is 4.98 Å². The molecular formula is C24H27NO5. The van der Waals surface area contributed by atoms with Gasteiger partial charge in [0.15, 0.2) is 6.61 Å². The molecule has 0 amide bonds. The van der Waals surface area contributed by atoms with E-state index in [1.165, 1.54) is 0 Å². The first-order chi connectivity index (χ1) is 14.4.